The molecule has 0 atom stereocenters. The van der Waals surface area contributed by atoms with Crippen molar-refractivity contribution in [2.75, 3.05) is 7.11 Å². The largest absolute Gasteiger partial charge is 0.465 e. The summed E-state index contributed by atoms with van der Waals surface area (Å²) in [5.74, 6) is -1.34. The van der Waals surface area contributed by atoms with Crippen LogP contribution in [-0.2, 0) is 11.3 Å². The molecule has 0 saturated carbocycles. The SMILES string of the molecule is COC(=O)c1cc(Cn2cncc(F)c2=O)cs1. The number of rotatable bonds is 3. The molecule has 0 spiro atoms. The first-order valence-corrected chi connectivity index (χ1v) is 5.85. The molecule has 2 heterocycles. The zero-order chi connectivity index (χ0) is 13.1. The van der Waals surface area contributed by atoms with Gasteiger partial charge in [0, 0.05) is 0 Å². The lowest BCUT2D eigenvalue weighted by molar-refractivity contribution is 0.0606. The van der Waals surface area contributed by atoms with Crippen LogP contribution >= 0.6 is 11.3 Å². The second-order valence-electron chi connectivity index (χ2n) is 3.49. The molecule has 2 rings (SSSR count). The molecule has 0 radical (unpaired) electrons. The number of thiophene rings is 1. The van der Waals surface area contributed by atoms with Gasteiger partial charge in [-0.2, -0.15) is 4.39 Å². The van der Waals surface area contributed by atoms with Gasteiger partial charge in [0.2, 0.25) is 5.82 Å². The maximum Gasteiger partial charge on any atom is 0.348 e. The van der Waals surface area contributed by atoms with Gasteiger partial charge in [0.25, 0.3) is 5.56 Å². The van der Waals surface area contributed by atoms with Crippen molar-refractivity contribution in [3.8, 4) is 0 Å². The minimum Gasteiger partial charge on any atom is -0.465 e. The number of methoxy groups -OCH3 is 1. The van der Waals surface area contributed by atoms with E-state index in [2.05, 4.69) is 9.72 Å². The number of hydrogen-bond donors (Lipinski definition) is 0. The molecule has 94 valence electrons. The van der Waals surface area contributed by atoms with Crippen molar-refractivity contribution >= 4 is 17.3 Å². The van der Waals surface area contributed by atoms with Gasteiger partial charge in [0.1, 0.15) is 4.88 Å². The van der Waals surface area contributed by atoms with Gasteiger partial charge in [-0.15, -0.1) is 11.3 Å². The molecule has 0 bridgehead atoms. The third-order valence-electron chi connectivity index (χ3n) is 2.25. The van der Waals surface area contributed by atoms with E-state index in [1.165, 1.54) is 24.8 Å². The Kier molecular flexibility index (Phi) is 3.52. The van der Waals surface area contributed by atoms with Gasteiger partial charge in [-0.25, -0.2) is 9.78 Å². The fraction of sp³-hybridized carbons (Fsp3) is 0.182. The topological polar surface area (TPSA) is 61.2 Å². The standard InChI is InChI=1S/C11H9FN2O3S/c1-17-11(16)9-2-7(5-18-9)4-14-6-13-3-8(12)10(14)15/h2-3,5-6H,4H2,1H3. The van der Waals surface area contributed by atoms with Crippen LogP contribution < -0.4 is 5.56 Å². The Morgan fingerprint density at radius 3 is 3.11 bits per heavy atom. The zero-order valence-electron chi connectivity index (χ0n) is 9.42. The van der Waals surface area contributed by atoms with Crippen molar-refractivity contribution < 1.29 is 13.9 Å². The Hall–Kier alpha value is -2.02. The molecular formula is C11H9FN2O3S. The molecular weight excluding hydrogens is 259 g/mol. The Balaban J connectivity index is 2.24. The third-order valence-corrected chi connectivity index (χ3v) is 3.21. The highest BCUT2D eigenvalue weighted by Crippen LogP contribution is 2.16. The van der Waals surface area contributed by atoms with Crippen LogP contribution in [0.15, 0.2) is 28.8 Å². The van der Waals surface area contributed by atoms with Crippen molar-refractivity contribution in [1.82, 2.24) is 9.55 Å². The number of esters is 1. The summed E-state index contributed by atoms with van der Waals surface area (Å²) in [7, 11) is 1.29. The van der Waals surface area contributed by atoms with Crippen LogP contribution in [0, 0.1) is 5.82 Å². The molecule has 2 aromatic heterocycles. The molecule has 0 unspecified atom stereocenters. The first-order valence-electron chi connectivity index (χ1n) is 4.97. The molecule has 0 fully saturated rings. The second kappa shape index (κ2) is 5.09. The van der Waals surface area contributed by atoms with Crippen LogP contribution in [0.1, 0.15) is 15.2 Å². The van der Waals surface area contributed by atoms with Crippen LogP contribution in [0.5, 0.6) is 0 Å². The van der Waals surface area contributed by atoms with Crippen LogP contribution in [0.3, 0.4) is 0 Å². The van der Waals surface area contributed by atoms with Gasteiger partial charge in [-0.3, -0.25) is 9.36 Å². The summed E-state index contributed by atoms with van der Waals surface area (Å²) >= 11 is 1.21. The Bertz CT molecular complexity index is 635. The number of carbonyl (C=O) groups is 1. The average molecular weight is 268 g/mol. The van der Waals surface area contributed by atoms with E-state index in [4.69, 9.17) is 0 Å². The number of halogens is 1. The van der Waals surface area contributed by atoms with Gasteiger partial charge in [0.05, 0.1) is 26.2 Å². The van der Waals surface area contributed by atoms with Gasteiger partial charge in [-0.05, 0) is 17.0 Å². The van der Waals surface area contributed by atoms with Crippen LogP contribution in [0.25, 0.3) is 0 Å². The summed E-state index contributed by atoms with van der Waals surface area (Å²) < 4.78 is 18.7. The highest BCUT2D eigenvalue weighted by molar-refractivity contribution is 7.12. The van der Waals surface area contributed by atoms with E-state index in [0.717, 1.165) is 16.3 Å². The predicted octanol–water partition coefficient (Wildman–Crippen LogP) is 1.28. The van der Waals surface area contributed by atoms with Crippen molar-refractivity contribution in [3.05, 3.63) is 50.6 Å². The quantitative estimate of drug-likeness (QED) is 0.787. The summed E-state index contributed by atoms with van der Waals surface area (Å²) in [6.07, 6.45) is 2.12. The molecule has 0 aromatic carbocycles. The van der Waals surface area contributed by atoms with Gasteiger partial charge in [-0.1, -0.05) is 0 Å². The van der Waals surface area contributed by atoms with Gasteiger partial charge in [0.15, 0.2) is 0 Å². The minimum absolute atomic E-state index is 0.164. The highest BCUT2D eigenvalue weighted by atomic mass is 32.1. The number of hydrogen-bond acceptors (Lipinski definition) is 5. The lowest BCUT2D eigenvalue weighted by atomic mass is 10.3. The van der Waals surface area contributed by atoms with E-state index in [0.29, 0.717) is 4.88 Å². The zero-order valence-corrected chi connectivity index (χ0v) is 10.2. The van der Waals surface area contributed by atoms with Crippen LogP contribution in [0.2, 0.25) is 0 Å². The van der Waals surface area contributed by atoms with E-state index < -0.39 is 17.3 Å². The molecule has 5 nitrogen and oxygen atoms in total. The first kappa shape index (κ1) is 12.4. The van der Waals surface area contributed by atoms with Crippen LogP contribution in [0.4, 0.5) is 4.39 Å². The van der Waals surface area contributed by atoms with E-state index in [9.17, 15) is 14.0 Å². The Labute approximate surface area is 105 Å². The van der Waals surface area contributed by atoms with Crippen molar-refractivity contribution in [2.45, 2.75) is 6.54 Å². The van der Waals surface area contributed by atoms with Crippen molar-refractivity contribution in [1.29, 1.82) is 0 Å². The molecule has 2 aromatic rings. The van der Waals surface area contributed by atoms with Crippen molar-refractivity contribution in [3.63, 3.8) is 0 Å². The van der Waals surface area contributed by atoms with E-state index in [1.54, 1.807) is 11.4 Å². The minimum atomic E-state index is -0.902. The number of aromatic nitrogens is 2. The molecule has 0 aliphatic carbocycles. The molecule has 0 saturated heterocycles. The molecule has 0 aliphatic rings. The van der Waals surface area contributed by atoms with E-state index in [-0.39, 0.29) is 6.54 Å². The lowest BCUT2D eigenvalue weighted by Crippen LogP contribution is -2.23. The van der Waals surface area contributed by atoms with E-state index in [1.807, 2.05) is 0 Å². The molecule has 0 N–H and O–H groups in total. The smallest absolute Gasteiger partial charge is 0.348 e. The Morgan fingerprint density at radius 2 is 2.39 bits per heavy atom. The average Bonchev–Trinajstić information content (AvgIpc) is 2.82. The summed E-state index contributed by atoms with van der Waals surface area (Å²) in [5.41, 5.74) is -0.0225. The molecule has 18 heavy (non-hydrogen) atoms. The fourth-order valence-corrected chi connectivity index (χ4v) is 2.22. The van der Waals surface area contributed by atoms with Gasteiger partial charge < -0.3 is 4.74 Å². The van der Waals surface area contributed by atoms with Gasteiger partial charge >= 0.3 is 5.97 Å². The maximum absolute atomic E-state index is 13.0. The summed E-state index contributed by atoms with van der Waals surface area (Å²) in [4.78, 5) is 26.7. The fourth-order valence-electron chi connectivity index (χ4n) is 1.40. The van der Waals surface area contributed by atoms with E-state index >= 15 is 0 Å². The number of nitrogens with zero attached hydrogens (tertiary/aromatic N) is 2. The molecule has 0 amide bonds. The monoisotopic (exact) mass is 268 g/mol. The predicted molar refractivity (Wildman–Crippen MR) is 63.2 cm³/mol. The summed E-state index contributed by atoms with van der Waals surface area (Å²) in [6.45, 7) is 0.164. The van der Waals surface area contributed by atoms with Crippen molar-refractivity contribution in [2.24, 2.45) is 0 Å². The lowest BCUT2D eigenvalue weighted by Gasteiger charge is -2.02. The summed E-state index contributed by atoms with van der Waals surface area (Å²) in [5, 5.41) is 1.71. The number of carbonyl (C=O) groups excluding carboxylic acids is 1. The number of ether oxygens (including phenoxy) is 1. The highest BCUT2D eigenvalue weighted by Gasteiger charge is 2.10. The van der Waals surface area contributed by atoms with Crippen LogP contribution in [-0.4, -0.2) is 22.6 Å². The maximum atomic E-state index is 13.0. The Morgan fingerprint density at radius 1 is 1.61 bits per heavy atom. The normalized spacial score (nSPS) is 10.3. The molecule has 7 heteroatoms. The second-order valence-corrected chi connectivity index (χ2v) is 4.40. The summed E-state index contributed by atoms with van der Waals surface area (Å²) in [6, 6.07) is 1.61. The third kappa shape index (κ3) is 2.45. The first-order chi connectivity index (χ1) is 8.61. The molecule has 0 aliphatic heterocycles.